The van der Waals surface area contributed by atoms with Crippen molar-refractivity contribution < 1.29 is 9.47 Å². The van der Waals surface area contributed by atoms with Crippen LogP contribution in [0.1, 0.15) is 29.2 Å². The summed E-state index contributed by atoms with van der Waals surface area (Å²) in [5.41, 5.74) is 5.36. The van der Waals surface area contributed by atoms with Gasteiger partial charge in [0.2, 0.25) is 0 Å². The zero-order valence-electron chi connectivity index (χ0n) is 16.7. The molecule has 0 heterocycles. The van der Waals surface area contributed by atoms with Gasteiger partial charge in [-0.15, -0.1) is 0 Å². The Morgan fingerprint density at radius 2 is 1.72 bits per heavy atom. The van der Waals surface area contributed by atoms with Gasteiger partial charge in [-0.25, -0.2) is 0 Å². The van der Waals surface area contributed by atoms with Crippen molar-refractivity contribution in [2.24, 2.45) is 4.99 Å². The fourth-order valence-electron chi connectivity index (χ4n) is 2.76. The van der Waals surface area contributed by atoms with Crippen LogP contribution in [0.3, 0.4) is 0 Å². The lowest BCUT2D eigenvalue weighted by Crippen LogP contribution is -2.01. The summed E-state index contributed by atoms with van der Waals surface area (Å²) in [6, 6.07) is 17.7. The van der Waals surface area contributed by atoms with Gasteiger partial charge in [0.25, 0.3) is 0 Å². The summed E-state index contributed by atoms with van der Waals surface area (Å²) >= 11 is 9.56. The minimum Gasteiger partial charge on any atom is -0.490 e. The number of rotatable bonds is 7. The number of benzene rings is 3. The third-order valence-electron chi connectivity index (χ3n) is 4.48. The van der Waals surface area contributed by atoms with Crippen LogP contribution >= 0.6 is 27.5 Å². The largest absolute Gasteiger partial charge is 0.490 e. The molecule has 0 saturated heterocycles. The van der Waals surface area contributed by atoms with Gasteiger partial charge in [-0.05, 0) is 95.4 Å². The van der Waals surface area contributed by atoms with E-state index in [1.54, 1.807) is 0 Å². The van der Waals surface area contributed by atoms with Crippen LogP contribution in [0.2, 0.25) is 5.02 Å². The van der Waals surface area contributed by atoms with E-state index >= 15 is 0 Å². The molecule has 3 rings (SSSR count). The highest BCUT2D eigenvalue weighted by Crippen LogP contribution is 2.37. The number of hydrogen-bond donors (Lipinski definition) is 0. The van der Waals surface area contributed by atoms with Crippen LogP contribution in [0.5, 0.6) is 11.5 Å². The van der Waals surface area contributed by atoms with Gasteiger partial charge >= 0.3 is 0 Å². The molecule has 0 fully saturated rings. The van der Waals surface area contributed by atoms with Gasteiger partial charge in [-0.3, -0.25) is 4.99 Å². The predicted molar refractivity (Wildman–Crippen MR) is 124 cm³/mol. The van der Waals surface area contributed by atoms with Crippen molar-refractivity contribution in [3.8, 4) is 11.5 Å². The Morgan fingerprint density at radius 1 is 0.966 bits per heavy atom. The van der Waals surface area contributed by atoms with Crippen molar-refractivity contribution in [3.63, 3.8) is 0 Å². The molecule has 0 aliphatic rings. The summed E-state index contributed by atoms with van der Waals surface area (Å²) in [4.78, 5) is 4.60. The minimum atomic E-state index is 0.423. The Bertz CT molecular complexity index is 1020. The first-order valence-electron chi connectivity index (χ1n) is 9.41. The van der Waals surface area contributed by atoms with Crippen LogP contribution in [0.15, 0.2) is 64.1 Å². The molecule has 0 spiro atoms. The molecule has 0 bridgehead atoms. The van der Waals surface area contributed by atoms with Crippen LogP contribution in [0.25, 0.3) is 0 Å². The van der Waals surface area contributed by atoms with E-state index in [1.807, 2.05) is 55.6 Å². The van der Waals surface area contributed by atoms with Crippen molar-refractivity contribution in [1.82, 2.24) is 0 Å². The summed E-state index contributed by atoms with van der Waals surface area (Å²) in [5, 5.41) is 0.706. The molecule has 0 unspecified atom stereocenters. The molecule has 0 aliphatic carbocycles. The Balaban J connectivity index is 1.82. The first kappa shape index (κ1) is 21.4. The van der Waals surface area contributed by atoms with Crippen molar-refractivity contribution in [3.05, 3.63) is 86.3 Å². The predicted octanol–water partition coefficient (Wildman–Crippen LogP) is 7.45. The Hall–Kier alpha value is -2.30. The average Bonchev–Trinajstić information content (AvgIpc) is 2.70. The summed E-state index contributed by atoms with van der Waals surface area (Å²) < 4.78 is 12.7. The van der Waals surface area contributed by atoms with E-state index < -0.39 is 0 Å². The van der Waals surface area contributed by atoms with Crippen molar-refractivity contribution in [2.75, 3.05) is 6.61 Å². The van der Waals surface area contributed by atoms with Crippen molar-refractivity contribution in [2.45, 2.75) is 27.4 Å². The molecule has 0 aliphatic heterocycles. The van der Waals surface area contributed by atoms with E-state index in [1.165, 1.54) is 11.1 Å². The first-order valence-corrected chi connectivity index (χ1v) is 10.6. The van der Waals surface area contributed by atoms with Gasteiger partial charge in [0.15, 0.2) is 11.5 Å². The molecule has 29 heavy (non-hydrogen) atoms. The molecular formula is C24H23BrClNO2. The normalized spacial score (nSPS) is 11.1. The number of halogens is 2. The SMILES string of the molecule is CCOc1cc(C=Nc2ccc(C)c(C)c2)cc(Br)c1OCc1ccc(Cl)cc1. The monoisotopic (exact) mass is 471 g/mol. The van der Waals surface area contributed by atoms with E-state index in [0.717, 1.165) is 21.3 Å². The van der Waals surface area contributed by atoms with Crippen LogP contribution in [-0.4, -0.2) is 12.8 Å². The number of ether oxygens (including phenoxy) is 2. The lowest BCUT2D eigenvalue weighted by Gasteiger charge is -2.15. The highest BCUT2D eigenvalue weighted by atomic mass is 79.9. The van der Waals surface area contributed by atoms with E-state index in [2.05, 4.69) is 46.9 Å². The van der Waals surface area contributed by atoms with E-state index in [9.17, 15) is 0 Å². The molecule has 0 radical (unpaired) electrons. The Morgan fingerprint density at radius 3 is 2.41 bits per heavy atom. The topological polar surface area (TPSA) is 30.8 Å². The molecule has 0 amide bonds. The molecule has 0 N–H and O–H groups in total. The number of aryl methyl sites for hydroxylation is 2. The van der Waals surface area contributed by atoms with Gasteiger partial charge in [-0.1, -0.05) is 29.8 Å². The second-order valence-corrected chi connectivity index (χ2v) is 8.00. The summed E-state index contributed by atoms with van der Waals surface area (Å²) in [6.45, 7) is 7.10. The zero-order chi connectivity index (χ0) is 20.8. The quantitative estimate of drug-likeness (QED) is 0.334. The van der Waals surface area contributed by atoms with Gasteiger partial charge in [0.05, 0.1) is 16.8 Å². The summed E-state index contributed by atoms with van der Waals surface area (Å²) in [6.07, 6.45) is 1.83. The van der Waals surface area contributed by atoms with E-state index in [0.29, 0.717) is 29.7 Å². The highest BCUT2D eigenvalue weighted by Gasteiger charge is 2.12. The third-order valence-corrected chi connectivity index (χ3v) is 5.32. The molecule has 0 aromatic heterocycles. The Labute approximate surface area is 185 Å². The van der Waals surface area contributed by atoms with E-state index in [-0.39, 0.29) is 0 Å². The van der Waals surface area contributed by atoms with Crippen LogP contribution in [0, 0.1) is 13.8 Å². The summed E-state index contributed by atoms with van der Waals surface area (Å²) in [7, 11) is 0. The van der Waals surface area contributed by atoms with Gasteiger partial charge in [0, 0.05) is 11.2 Å². The maximum absolute atomic E-state index is 6.03. The summed E-state index contributed by atoms with van der Waals surface area (Å²) in [5.74, 6) is 1.35. The van der Waals surface area contributed by atoms with Crippen LogP contribution in [0.4, 0.5) is 5.69 Å². The lowest BCUT2D eigenvalue weighted by atomic mass is 10.1. The highest BCUT2D eigenvalue weighted by molar-refractivity contribution is 9.10. The molecule has 3 nitrogen and oxygen atoms in total. The van der Waals surface area contributed by atoms with E-state index in [4.69, 9.17) is 21.1 Å². The van der Waals surface area contributed by atoms with Crippen molar-refractivity contribution >= 4 is 39.4 Å². The minimum absolute atomic E-state index is 0.423. The molecule has 0 atom stereocenters. The van der Waals surface area contributed by atoms with Gasteiger partial charge in [0.1, 0.15) is 6.61 Å². The first-order chi connectivity index (χ1) is 14.0. The molecule has 3 aromatic rings. The van der Waals surface area contributed by atoms with Gasteiger partial charge in [-0.2, -0.15) is 0 Å². The van der Waals surface area contributed by atoms with Crippen molar-refractivity contribution in [1.29, 1.82) is 0 Å². The number of aliphatic imine (C=N–C) groups is 1. The number of nitrogens with zero attached hydrogens (tertiary/aromatic N) is 1. The molecule has 3 aromatic carbocycles. The molecule has 150 valence electrons. The fourth-order valence-corrected chi connectivity index (χ4v) is 3.46. The number of hydrogen-bond acceptors (Lipinski definition) is 3. The molecule has 5 heteroatoms. The zero-order valence-corrected chi connectivity index (χ0v) is 19.0. The van der Waals surface area contributed by atoms with Crippen LogP contribution in [-0.2, 0) is 6.61 Å². The van der Waals surface area contributed by atoms with Crippen LogP contribution < -0.4 is 9.47 Å². The Kier molecular flexibility index (Phi) is 7.34. The van der Waals surface area contributed by atoms with Gasteiger partial charge < -0.3 is 9.47 Å². The maximum Gasteiger partial charge on any atom is 0.175 e. The molecule has 0 saturated carbocycles. The smallest absolute Gasteiger partial charge is 0.175 e. The second kappa shape index (κ2) is 9.95. The maximum atomic E-state index is 6.03. The third kappa shape index (κ3) is 5.84. The molecular weight excluding hydrogens is 450 g/mol. The lowest BCUT2D eigenvalue weighted by molar-refractivity contribution is 0.267. The average molecular weight is 473 g/mol. The standard InChI is InChI=1S/C24H23BrClNO2/c1-4-28-23-13-19(14-27-21-10-5-16(2)17(3)11-21)12-22(25)24(23)29-15-18-6-8-20(26)9-7-18/h5-14H,4,15H2,1-3H3. The fraction of sp³-hybridized carbons (Fsp3) is 0.208. The second-order valence-electron chi connectivity index (χ2n) is 6.70.